The summed E-state index contributed by atoms with van der Waals surface area (Å²) in [7, 11) is 0. The van der Waals surface area contributed by atoms with E-state index < -0.39 is 11.7 Å². The minimum Gasteiger partial charge on any atom is -0.399 e. The third kappa shape index (κ3) is 3.24. The van der Waals surface area contributed by atoms with Crippen LogP contribution in [-0.4, -0.2) is 30.2 Å². The van der Waals surface area contributed by atoms with Crippen LogP contribution < -0.4 is 5.73 Å². The maximum absolute atomic E-state index is 13.1. The number of halogens is 3. The van der Waals surface area contributed by atoms with Crippen molar-refractivity contribution in [3.8, 4) is 0 Å². The zero-order chi connectivity index (χ0) is 15.0. The Morgan fingerprint density at radius 2 is 2.05 bits per heavy atom. The van der Waals surface area contributed by atoms with Crippen LogP contribution in [-0.2, 0) is 17.5 Å². The molecule has 3 nitrogen and oxygen atoms in total. The van der Waals surface area contributed by atoms with Crippen LogP contribution >= 0.6 is 0 Å². The van der Waals surface area contributed by atoms with Crippen molar-refractivity contribution in [1.82, 2.24) is 4.90 Å². The standard InChI is InChI=1S/C14H19F3N2O/c1-13(2)9-20-6-5-19(13)8-10-3-4-11(18)7-12(10)14(15,16)17/h3-4,7H,5-6,8-9,18H2,1-2H3. The van der Waals surface area contributed by atoms with Crippen molar-refractivity contribution >= 4 is 5.69 Å². The maximum atomic E-state index is 13.1. The van der Waals surface area contributed by atoms with Gasteiger partial charge >= 0.3 is 6.18 Å². The van der Waals surface area contributed by atoms with Gasteiger partial charge in [0.1, 0.15) is 0 Å². The van der Waals surface area contributed by atoms with Crippen molar-refractivity contribution in [3.63, 3.8) is 0 Å². The molecule has 0 saturated carbocycles. The Labute approximate surface area is 116 Å². The Balaban J connectivity index is 2.29. The van der Waals surface area contributed by atoms with Gasteiger partial charge in [-0.05, 0) is 31.5 Å². The molecule has 0 unspecified atom stereocenters. The average Bonchev–Trinajstić information content (AvgIpc) is 2.32. The van der Waals surface area contributed by atoms with Gasteiger partial charge in [-0.3, -0.25) is 4.90 Å². The molecular formula is C14H19F3N2O. The van der Waals surface area contributed by atoms with Crippen molar-refractivity contribution in [2.24, 2.45) is 0 Å². The Hall–Kier alpha value is -1.27. The van der Waals surface area contributed by atoms with E-state index in [1.807, 2.05) is 18.7 Å². The quantitative estimate of drug-likeness (QED) is 0.850. The fraction of sp³-hybridized carbons (Fsp3) is 0.571. The number of nitrogens with two attached hydrogens (primary N) is 1. The minimum atomic E-state index is -4.39. The van der Waals surface area contributed by atoms with Gasteiger partial charge in [-0.1, -0.05) is 6.07 Å². The highest BCUT2D eigenvalue weighted by Crippen LogP contribution is 2.35. The summed E-state index contributed by atoms with van der Waals surface area (Å²) in [6.45, 7) is 5.86. The van der Waals surface area contributed by atoms with Crippen LogP contribution in [0.4, 0.5) is 18.9 Å². The number of ether oxygens (including phenoxy) is 1. The van der Waals surface area contributed by atoms with Crippen molar-refractivity contribution in [2.75, 3.05) is 25.5 Å². The molecule has 1 heterocycles. The topological polar surface area (TPSA) is 38.5 Å². The summed E-state index contributed by atoms with van der Waals surface area (Å²) in [5.41, 5.74) is 4.93. The van der Waals surface area contributed by atoms with Gasteiger partial charge in [0.05, 0.1) is 18.8 Å². The van der Waals surface area contributed by atoms with Gasteiger partial charge in [0, 0.05) is 24.3 Å². The van der Waals surface area contributed by atoms with E-state index >= 15 is 0 Å². The number of anilines is 1. The molecule has 0 atom stereocenters. The first-order chi connectivity index (χ1) is 9.20. The monoisotopic (exact) mass is 288 g/mol. The van der Waals surface area contributed by atoms with E-state index in [0.29, 0.717) is 19.8 Å². The highest BCUT2D eigenvalue weighted by molar-refractivity contribution is 5.46. The molecule has 1 saturated heterocycles. The first-order valence-corrected chi connectivity index (χ1v) is 6.48. The molecule has 0 bridgehead atoms. The van der Waals surface area contributed by atoms with Crippen LogP contribution in [0.25, 0.3) is 0 Å². The summed E-state index contributed by atoms with van der Waals surface area (Å²) in [6.07, 6.45) is -4.39. The molecule has 0 aliphatic carbocycles. The second-order valence-electron chi connectivity index (χ2n) is 5.70. The van der Waals surface area contributed by atoms with Gasteiger partial charge in [0.2, 0.25) is 0 Å². The van der Waals surface area contributed by atoms with Gasteiger partial charge in [-0.15, -0.1) is 0 Å². The largest absolute Gasteiger partial charge is 0.416 e. The normalized spacial score (nSPS) is 20.1. The zero-order valence-corrected chi connectivity index (χ0v) is 11.6. The molecule has 2 N–H and O–H groups in total. The second-order valence-corrected chi connectivity index (χ2v) is 5.70. The van der Waals surface area contributed by atoms with E-state index in [9.17, 15) is 13.2 Å². The lowest BCUT2D eigenvalue weighted by atomic mass is 9.99. The minimum absolute atomic E-state index is 0.127. The Morgan fingerprint density at radius 3 is 2.65 bits per heavy atom. The lowest BCUT2D eigenvalue weighted by Gasteiger charge is -2.42. The van der Waals surface area contributed by atoms with E-state index in [1.54, 1.807) is 0 Å². The molecule has 1 aromatic rings. The van der Waals surface area contributed by atoms with E-state index in [1.165, 1.54) is 12.1 Å². The number of benzene rings is 1. The third-order valence-corrected chi connectivity index (χ3v) is 3.62. The van der Waals surface area contributed by atoms with Crippen LogP contribution in [0.15, 0.2) is 18.2 Å². The molecular weight excluding hydrogens is 269 g/mol. The molecule has 0 aromatic heterocycles. The first-order valence-electron chi connectivity index (χ1n) is 6.48. The lowest BCUT2D eigenvalue weighted by Crippen LogP contribution is -2.52. The molecule has 0 spiro atoms. The van der Waals surface area contributed by atoms with E-state index in [-0.39, 0.29) is 23.3 Å². The maximum Gasteiger partial charge on any atom is 0.416 e. The number of rotatable bonds is 2. The summed E-state index contributed by atoms with van der Waals surface area (Å²) in [5.74, 6) is 0. The van der Waals surface area contributed by atoms with E-state index in [0.717, 1.165) is 6.07 Å². The van der Waals surface area contributed by atoms with Crippen molar-refractivity contribution in [3.05, 3.63) is 29.3 Å². The number of hydrogen-bond acceptors (Lipinski definition) is 3. The van der Waals surface area contributed by atoms with Gasteiger partial charge in [0.15, 0.2) is 0 Å². The number of nitrogens with zero attached hydrogens (tertiary/aromatic N) is 1. The van der Waals surface area contributed by atoms with Crippen molar-refractivity contribution in [2.45, 2.75) is 32.1 Å². The summed E-state index contributed by atoms with van der Waals surface area (Å²) < 4.78 is 44.6. The molecule has 112 valence electrons. The molecule has 6 heteroatoms. The molecule has 0 amide bonds. The van der Waals surface area contributed by atoms with Gasteiger partial charge in [0.25, 0.3) is 0 Å². The van der Waals surface area contributed by atoms with Crippen LogP contribution in [0.5, 0.6) is 0 Å². The molecule has 1 fully saturated rings. The number of alkyl halides is 3. The Bertz CT molecular complexity index is 486. The smallest absolute Gasteiger partial charge is 0.399 e. The Kier molecular flexibility index (Phi) is 3.97. The Morgan fingerprint density at radius 1 is 1.35 bits per heavy atom. The first kappa shape index (κ1) is 15.1. The fourth-order valence-electron chi connectivity index (χ4n) is 2.39. The molecule has 1 aliphatic heterocycles. The highest BCUT2D eigenvalue weighted by atomic mass is 19.4. The molecule has 20 heavy (non-hydrogen) atoms. The second kappa shape index (κ2) is 5.26. The van der Waals surface area contributed by atoms with Crippen LogP contribution in [0, 0.1) is 0 Å². The number of nitrogen functional groups attached to an aromatic ring is 1. The van der Waals surface area contributed by atoms with E-state index in [2.05, 4.69) is 0 Å². The average molecular weight is 288 g/mol. The highest BCUT2D eigenvalue weighted by Gasteiger charge is 2.36. The summed E-state index contributed by atoms with van der Waals surface area (Å²) >= 11 is 0. The molecule has 2 rings (SSSR count). The number of hydrogen-bond donors (Lipinski definition) is 1. The van der Waals surface area contributed by atoms with Gasteiger partial charge < -0.3 is 10.5 Å². The summed E-state index contributed by atoms with van der Waals surface area (Å²) in [6, 6.07) is 3.98. The van der Waals surface area contributed by atoms with Crippen molar-refractivity contribution in [1.29, 1.82) is 0 Å². The molecule has 1 aliphatic rings. The van der Waals surface area contributed by atoms with Gasteiger partial charge in [-0.2, -0.15) is 13.2 Å². The van der Waals surface area contributed by atoms with E-state index in [4.69, 9.17) is 10.5 Å². The molecule has 1 aromatic carbocycles. The van der Waals surface area contributed by atoms with Crippen LogP contribution in [0.3, 0.4) is 0 Å². The van der Waals surface area contributed by atoms with Gasteiger partial charge in [-0.25, -0.2) is 0 Å². The van der Waals surface area contributed by atoms with Crippen molar-refractivity contribution < 1.29 is 17.9 Å². The predicted molar refractivity (Wildman–Crippen MR) is 71.2 cm³/mol. The van der Waals surface area contributed by atoms with Crippen LogP contribution in [0.2, 0.25) is 0 Å². The molecule has 0 radical (unpaired) electrons. The third-order valence-electron chi connectivity index (χ3n) is 3.62. The summed E-state index contributed by atoms with van der Waals surface area (Å²) in [4.78, 5) is 2.01. The van der Waals surface area contributed by atoms with Crippen LogP contribution in [0.1, 0.15) is 25.0 Å². The lowest BCUT2D eigenvalue weighted by molar-refractivity contribution is -0.139. The SMILES string of the molecule is CC1(C)COCCN1Cc1ccc(N)cc1C(F)(F)F. The number of morpholine rings is 1. The predicted octanol–water partition coefficient (Wildman–Crippen LogP) is 2.90. The fourth-order valence-corrected chi connectivity index (χ4v) is 2.39. The zero-order valence-electron chi connectivity index (χ0n) is 11.6. The summed E-state index contributed by atoms with van der Waals surface area (Å²) in [5, 5.41) is 0.